The highest BCUT2D eigenvalue weighted by Gasteiger charge is 2.37. The molecule has 4 fully saturated rings. The number of hydrogen-bond donors (Lipinski definition) is 0. The fourth-order valence-electron chi connectivity index (χ4n) is 4.01. The van der Waals surface area contributed by atoms with Gasteiger partial charge in [-0.25, -0.2) is 9.97 Å². The van der Waals surface area contributed by atoms with Gasteiger partial charge >= 0.3 is 0 Å². The zero-order chi connectivity index (χ0) is 14.9. The molecule has 5 nitrogen and oxygen atoms in total. The Morgan fingerprint density at radius 2 is 2.05 bits per heavy atom. The molecule has 22 heavy (non-hydrogen) atoms. The molecule has 3 aliphatic heterocycles. The van der Waals surface area contributed by atoms with Crippen molar-refractivity contribution in [3.63, 3.8) is 0 Å². The summed E-state index contributed by atoms with van der Waals surface area (Å²) >= 11 is 0. The third-order valence-corrected chi connectivity index (χ3v) is 5.34. The summed E-state index contributed by atoms with van der Waals surface area (Å²) in [5.41, 5.74) is 0.971. The molecule has 120 valence electrons. The van der Waals surface area contributed by atoms with Crippen LogP contribution in [-0.4, -0.2) is 54.2 Å². The minimum absolute atomic E-state index is 0.560. The summed E-state index contributed by atoms with van der Waals surface area (Å²) in [5.74, 6) is 2.85. The topological polar surface area (TPSA) is 41.5 Å². The predicted molar refractivity (Wildman–Crippen MR) is 85.8 cm³/mol. The van der Waals surface area contributed by atoms with Gasteiger partial charge in [0.1, 0.15) is 12.1 Å². The Morgan fingerprint density at radius 3 is 2.86 bits per heavy atom. The Balaban J connectivity index is 1.50. The van der Waals surface area contributed by atoms with E-state index in [0.717, 1.165) is 36.4 Å². The Labute approximate surface area is 132 Å². The first-order valence-electron chi connectivity index (χ1n) is 8.60. The van der Waals surface area contributed by atoms with Crippen LogP contribution in [-0.2, 0) is 11.3 Å². The maximum Gasteiger partial charge on any atom is 0.132 e. The second-order valence-electron chi connectivity index (χ2n) is 7.20. The van der Waals surface area contributed by atoms with Gasteiger partial charge in [-0.15, -0.1) is 0 Å². The summed E-state index contributed by atoms with van der Waals surface area (Å²) in [6, 6.07) is 2.81. The predicted octanol–water partition coefficient (Wildman–Crippen LogP) is 1.93. The van der Waals surface area contributed by atoms with Crippen molar-refractivity contribution < 1.29 is 4.74 Å². The quantitative estimate of drug-likeness (QED) is 0.831. The van der Waals surface area contributed by atoms with E-state index < -0.39 is 0 Å². The molecule has 5 heteroatoms. The monoisotopic (exact) mass is 302 g/mol. The molecule has 4 aliphatic rings. The van der Waals surface area contributed by atoms with E-state index in [1.54, 1.807) is 13.4 Å². The molecular weight excluding hydrogens is 276 g/mol. The highest BCUT2D eigenvalue weighted by atomic mass is 16.5. The molecular formula is C17H26N4O. The lowest BCUT2D eigenvalue weighted by Gasteiger charge is -2.36. The van der Waals surface area contributed by atoms with Crippen LogP contribution >= 0.6 is 0 Å². The van der Waals surface area contributed by atoms with Crippen LogP contribution < -0.4 is 4.90 Å². The molecule has 1 aromatic rings. The number of piperidine rings is 1. The third kappa shape index (κ3) is 3.10. The van der Waals surface area contributed by atoms with Gasteiger partial charge in [0.15, 0.2) is 0 Å². The van der Waals surface area contributed by atoms with Gasteiger partial charge in [0, 0.05) is 45.4 Å². The maximum absolute atomic E-state index is 5.20. The summed E-state index contributed by atoms with van der Waals surface area (Å²) < 4.78 is 5.20. The van der Waals surface area contributed by atoms with E-state index in [4.69, 9.17) is 4.74 Å². The molecule has 5 rings (SSSR count). The lowest BCUT2D eigenvalue weighted by molar-refractivity contribution is 0.128. The van der Waals surface area contributed by atoms with Crippen molar-refractivity contribution in [1.82, 2.24) is 14.9 Å². The molecule has 0 aromatic carbocycles. The van der Waals surface area contributed by atoms with E-state index >= 15 is 0 Å². The molecule has 3 saturated heterocycles. The Bertz CT molecular complexity index is 519. The van der Waals surface area contributed by atoms with Gasteiger partial charge in [-0.05, 0) is 37.5 Å². The lowest BCUT2D eigenvalue weighted by Crippen LogP contribution is -2.44. The number of anilines is 1. The van der Waals surface area contributed by atoms with E-state index in [-0.39, 0.29) is 0 Å². The van der Waals surface area contributed by atoms with E-state index in [9.17, 15) is 0 Å². The number of nitrogens with zero attached hydrogens (tertiary/aromatic N) is 4. The first kappa shape index (κ1) is 14.4. The largest absolute Gasteiger partial charge is 0.378 e. The Morgan fingerprint density at radius 1 is 1.14 bits per heavy atom. The van der Waals surface area contributed by atoms with Crippen LogP contribution in [0.2, 0.25) is 0 Å². The maximum atomic E-state index is 5.20. The molecule has 0 N–H and O–H groups in total. The summed E-state index contributed by atoms with van der Waals surface area (Å²) in [7, 11) is 1.71. The van der Waals surface area contributed by atoms with Crippen LogP contribution in [0.3, 0.4) is 0 Å². The average molecular weight is 302 g/mol. The number of fused-ring (bicyclic) bond motifs is 4. The standard InChI is InChI=1S/C17H26N4O/c1-22-11-15-6-17(19-12-18-15)21-9-14-4-5-16(10-21)20(8-14)7-13-2-3-13/h6,12-14,16H,2-5,7-11H2,1H3/t14-,16-/m1/s1. The minimum atomic E-state index is 0.560. The van der Waals surface area contributed by atoms with Crippen molar-refractivity contribution in [3.8, 4) is 0 Å². The van der Waals surface area contributed by atoms with E-state index in [0.29, 0.717) is 12.6 Å². The van der Waals surface area contributed by atoms with Crippen LogP contribution in [0, 0.1) is 11.8 Å². The van der Waals surface area contributed by atoms with Crippen LogP contribution in [0.1, 0.15) is 31.4 Å². The van der Waals surface area contributed by atoms with Crippen LogP contribution in [0.25, 0.3) is 0 Å². The summed E-state index contributed by atoms with van der Waals surface area (Å²) in [4.78, 5) is 14.1. The van der Waals surface area contributed by atoms with E-state index in [1.807, 2.05) is 0 Å². The third-order valence-electron chi connectivity index (χ3n) is 5.34. The number of ether oxygens (including phenoxy) is 1. The highest BCUT2D eigenvalue weighted by Crippen LogP contribution is 2.35. The van der Waals surface area contributed by atoms with Crippen LogP contribution in [0.5, 0.6) is 0 Å². The highest BCUT2D eigenvalue weighted by molar-refractivity contribution is 5.40. The zero-order valence-electron chi connectivity index (χ0n) is 13.4. The number of aromatic nitrogens is 2. The van der Waals surface area contributed by atoms with E-state index in [1.165, 1.54) is 38.8 Å². The molecule has 1 aliphatic carbocycles. The Hall–Kier alpha value is -1.20. The molecule has 0 unspecified atom stereocenters. The van der Waals surface area contributed by atoms with Gasteiger partial charge in [0.25, 0.3) is 0 Å². The summed E-state index contributed by atoms with van der Waals surface area (Å²) in [5, 5.41) is 0. The molecule has 4 heterocycles. The van der Waals surface area contributed by atoms with Crippen molar-refractivity contribution in [1.29, 1.82) is 0 Å². The Kier molecular flexibility index (Phi) is 4.01. The van der Waals surface area contributed by atoms with Gasteiger partial charge in [-0.1, -0.05) is 0 Å². The van der Waals surface area contributed by atoms with Gasteiger partial charge in [0.05, 0.1) is 12.3 Å². The lowest BCUT2D eigenvalue weighted by atomic mass is 9.95. The number of methoxy groups -OCH3 is 1. The van der Waals surface area contributed by atoms with Gasteiger partial charge in [-0.3, -0.25) is 4.90 Å². The molecule has 2 atom stereocenters. The fourth-order valence-corrected chi connectivity index (χ4v) is 4.01. The van der Waals surface area contributed by atoms with Crippen molar-refractivity contribution in [3.05, 3.63) is 18.1 Å². The second kappa shape index (κ2) is 6.13. The van der Waals surface area contributed by atoms with Crippen molar-refractivity contribution >= 4 is 5.82 Å². The van der Waals surface area contributed by atoms with Gasteiger partial charge in [-0.2, -0.15) is 0 Å². The number of hydrogen-bond acceptors (Lipinski definition) is 5. The zero-order valence-corrected chi connectivity index (χ0v) is 13.4. The van der Waals surface area contributed by atoms with Crippen molar-refractivity contribution in [2.75, 3.05) is 38.2 Å². The van der Waals surface area contributed by atoms with E-state index in [2.05, 4.69) is 25.8 Å². The normalized spacial score (nSPS) is 28.9. The molecule has 0 amide bonds. The first-order chi connectivity index (χ1) is 10.8. The van der Waals surface area contributed by atoms with Crippen molar-refractivity contribution in [2.45, 2.75) is 38.3 Å². The van der Waals surface area contributed by atoms with Gasteiger partial charge in [0.2, 0.25) is 0 Å². The molecule has 1 saturated carbocycles. The van der Waals surface area contributed by atoms with Crippen LogP contribution in [0.15, 0.2) is 12.4 Å². The fraction of sp³-hybridized carbons (Fsp3) is 0.765. The second-order valence-corrected chi connectivity index (χ2v) is 7.20. The smallest absolute Gasteiger partial charge is 0.132 e. The SMILES string of the molecule is COCc1cc(N2C[C@@H]3CC[C@H](C2)N(CC2CC2)C3)ncn1. The average Bonchev–Trinajstić information content (AvgIpc) is 3.35. The van der Waals surface area contributed by atoms with Gasteiger partial charge < -0.3 is 9.64 Å². The van der Waals surface area contributed by atoms with Crippen molar-refractivity contribution in [2.24, 2.45) is 11.8 Å². The molecule has 1 aromatic heterocycles. The minimum Gasteiger partial charge on any atom is -0.378 e. The van der Waals surface area contributed by atoms with Crippen LogP contribution in [0.4, 0.5) is 5.82 Å². The first-order valence-corrected chi connectivity index (χ1v) is 8.60. The summed E-state index contributed by atoms with van der Waals surface area (Å²) in [6.45, 7) is 5.43. The summed E-state index contributed by atoms with van der Waals surface area (Å²) in [6.07, 6.45) is 7.30. The number of rotatable bonds is 5. The molecule has 0 spiro atoms. The molecule has 2 bridgehead atoms. The molecule has 0 radical (unpaired) electrons.